The highest BCUT2D eigenvalue weighted by molar-refractivity contribution is 7.80. The van der Waals surface area contributed by atoms with Crippen molar-refractivity contribution < 1.29 is 4.74 Å². The smallest absolute Gasteiger partial charge is 0.166 e. The number of nitrogens with one attached hydrogen (secondary N) is 3. The molecule has 3 aromatic rings. The highest BCUT2D eigenvalue weighted by atomic mass is 32.1. The molecule has 0 radical (unpaired) electrons. The Hall–Kier alpha value is -2.53. The van der Waals surface area contributed by atoms with Crippen LogP contribution in [0.15, 0.2) is 54.7 Å². The number of H-pyrrole nitrogens is 1. The number of rotatable bonds is 6. The Kier molecular flexibility index (Phi) is 5.33. The molecule has 0 aliphatic rings. The molecular formula is C19H21N3OS. The van der Waals surface area contributed by atoms with E-state index < -0.39 is 0 Å². The van der Waals surface area contributed by atoms with Crippen molar-refractivity contribution >= 4 is 28.2 Å². The molecule has 2 aromatic carbocycles. The van der Waals surface area contributed by atoms with Gasteiger partial charge in [0.25, 0.3) is 0 Å². The van der Waals surface area contributed by atoms with Crippen molar-refractivity contribution in [3.8, 4) is 5.75 Å². The molecule has 0 amide bonds. The van der Waals surface area contributed by atoms with Crippen LogP contribution in [0.25, 0.3) is 10.9 Å². The minimum Gasteiger partial charge on any atom is -0.489 e. The zero-order valence-corrected chi connectivity index (χ0v) is 14.5. The molecule has 0 saturated heterocycles. The fourth-order valence-electron chi connectivity index (χ4n) is 2.60. The van der Waals surface area contributed by atoms with Crippen LogP contribution in [0.2, 0.25) is 0 Å². The number of benzene rings is 2. The molecule has 3 N–H and O–H groups in total. The SMILES string of the molecule is CNC(=S)NCCc1c[nH]c2cc(OCc3ccccc3)ccc12. The summed E-state index contributed by atoms with van der Waals surface area (Å²) in [6.45, 7) is 1.38. The summed E-state index contributed by atoms with van der Waals surface area (Å²) in [6.07, 6.45) is 2.96. The van der Waals surface area contributed by atoms with Gasteiger partial charge in [-0.05, 0) is 41.9 Å². The van der Waals surface area contributed by atoms with E-state index in [4.69, 9.17) is 17.0 Å². The Balaban J connectivity index is 1.63. The van der Waals surface area contributed by atoms with E-state index in [0.29, 0.717) is 11.7 Å². The first-order valence-corrected chi connectivity index (χ1v) is 8.39. The van der Waals surface area contributed by atoms with E-state index in [1.807, 2.05) is 37.4 Å². The Morgan fingerprint density at radius 2 is 2.00 bits per heavy atom. The van der Waals surface area contributed by atoms with Gasteiger partial charge < -0.3 is 20.4 Å². The van der Waals surface area contributed by atoms with Crippen molar-refractivity contribution in [2.45, 2.75) is 13.0 Å². The second-order valence-electron chi connectivity index (χ2n) is 5.55. The van der Waals surface area contributed by atoms with Gasteiger partial charge in [-0.15, -0.1) is 0 Å². The number of aromatic nitrogens is 1. The predicted octanol–water partition coefficient (Wildman–Crippen LogP) is 3.38. The van der Waals surface area contributed by atoms with Crippen LogP contribution in [-0.4, -0.2) is 23.7 Å². The molecule has 0 unspecified atom stereocenters. The van der Waals surface area contributed by atoms with Crippen LogP contribution in [0.5, 0.6) is 5.75 Å². The summed E-state index contributed by atoms with van der Waals surface area (Å²) >= 11 is 5.09. The summed E-state index contributed by atoms with van der Waals surface area (Å²) in [5.74, 6) is 0.870. The van der Waals surface area contributed by atoms with Crippen molar-refractivity contribution in [1.29, 1.82) is 0 Å². The fourth-order valence-corrected chi connectivity index (χ4v) is 2.70. The first kappa shape index (κ1) is 16.3. The molecule has 1 heterocycles. The van der Waals surface area contributed by atoms with E-state index in [1.165, 1.54) is 10.9 Å². The van der Waals surface area contributed by atoms with E-state index in [9.17, 15) is 0 Å². The van der Waals surface area contributed by atoms with Crippen LogP contribution >= 0.6 is 12.2 Å². The molecule has 0 fully saturated rings. The summed E-state index contributed by atoms with van der Waals surface area (Å²) < 4.78 is 5.88. The molecule has 0 saturated carbocycles. The van der Waals surface area contributed by atoms with E-state index in [1.54, 1.807) is 0 Å². The zero-order valence-electron chi connectivity index (χ0n) is 13.6. The third-order valence-corrected chi connectivity index (χ3v) is 4.24. The van der Waals surface area contributed by atoms with Gasteiger partial charge in [-0.1, -0.05) is 30.3 Å². The standard InChI is InChI=1S/C19H21N3OS/c1-20-19(24)21-10-9-15-12-22-18-11-16(7-8-17(15)18)23-13-14-5-3-2-4-6-14/h2-8,11-12,22H,9-10,13H2,1H3,(H2,20,21,24). The maximum Gasteiger partial charge on any atom is 0.166 e. The third-order valence-electron chi connectivity index (χ3n) is 3.89. The summed E-state index contributed by atoms with van der Waals surface area (Å²) in [6, 6.07) is 16.4. The normalized spacial score (nSPS) is 10.5. The lowest BCUT2D eigenvalue weighted by molar-refractivity contribution is 0.306. The molecule has 0 aliphatic heterocycles. The van der Waals surface area contributed by atoms with E-state index in [0.717, 1.165) is 29.8 Å². The van der Waals surface area contributed by atoms with Crippen molar-refractivity contribution in [3.05, 3.63) is 65.9 Å². The molecule has 4 nitrogen and oxygen atoms in total. The summed E-state index contributed by atoms with van der Waals surface area (Å²) in [5.41, 5.74) is 3.52. The number of ether oxygens (including phenoxy) is 1. The predicted molar refractivity (Wildman–Crippen MR) is 102 cm³/mol. The molecule has 0 spiro atoms. The van der Waals surface area contributed by atoms with Crippen LogP contribution in [0.3, 0.4) is 0 Å². The lowest BCUT2D eigenvalue weighted by Crippen LogP contribution is -2.33. The summed E-state index contributed by atoms with van der Waals surface area (Å²) in [4.78, 5) is 3.32. The van der Waals surface area contributed by atoms with E-state index in [-0.39, 0.29) is 0 Å². The van der Waals surface area contributed by atoms with Crippen LogP contribution in [0.4, 0.5) is 0 Å². The van der Waals surface area contributed by atoms with Crippen molar-refractivity contribution in [1.82, 2.24) is 15.6 Å². The summed E-state index contributed by atoms with van der Waals surface area (Å²) in [5, 5.41) is 7.97. The van der Waals surface area contributed by atoms with Crippen LogP contribution in [0, 0.1) is 0 Å². The van der Waals surface area contributed by atoms with Gasteiger partial charge in [-0.25, -0.2) is 0 Å². The van der Waals surface area contributed by atoms with Crippen LogP contribution < -0.4 is 15.4 Å². The molecule has 5 heteroatoms. The van der Waals surface area contributed by atoms with Crippen molar-refractivity contribution in [2.24, 2.45) is 0 Å². The van der Waals surface area contributed by atoms with Crippen molar-refractivity contribution in [2.75, 3.05) is 13.6 Å². The zero-order chi connectivity index (χ0) is 16.8. The van der Waals surface area contributed by atoms with Gasteiger partial charge in [0.05, 0.1) is 0 Å². The molecule has 0 aliphatic carbocycles. The number of thiocarbonyl (C=S) groups is 1. The first-order chi connectivity index (χ1) is 11.8. The molecule has 3 rings (SSSR count). The molecule has 0 bridgehead atoms. The van der Waals surface area contributed by atoms with Gasteiger partial charge in [0.2, 0.25) is 0 Å². The van der Waals surface area contributed by atoms with Gasteiger partial charge in [0.1, 0.15) is 12.4 Å². The molecule has 0 atom stereocenters. The molecule has 1 aromatic heterocycles. The van der Waals surface area contributed by atoms with E-state index >= 15 is 0 Å². The first-order valence-electron chi connectivity index (χ1n) is 7.98. The average molecular weight is 339 g/mol. The second-order valence-corrected chi connectivity index (χ2v) is 5.96. The topological polar surface area (TPSA) is 49.1 Å². The average Bonchev–Trinajstić information content (AvgIpc) is 3.03. The van der Waals surface area contributed by atoms with Gasteiger partial charge in [0.15, 0.2) is 5.11 Å². The Bertz CT molecular complexity index is 814. The fraction of sp³-hybridized carbons (Fsp3) is 0.211. The van der Waals surface area contributed by atoms with Gasteiger partial charge in [0, 0.05) is 36.8 Å². The number of fused-ring (bicyclic) bond motifs is 1. The van der Waals surface area contributed by atoms with Crippen LogP contribution in [0.1, 0.15) is 11.1 Å². The lowest BCUT2D eigenvalue weighted by atomic mass is 10.1. The molecule has 124 valence electrons. The maximum absolute atomic E-state index is 5.88. The van der Waals surface area contributed by atoms with Gasteiger partial charge in [-0.2, -0.15) is 0 Å². The quantitative estimate of drug-likeness (QED) is 0.603. The number of hydrogen-bond donors (Lipinski definition) is 3. The number of hydrogen-bond acceptors (Lipinski definition) is 2. The number of aromatic amines is 1. The highest BCUT2D eigenvalue weighted by Crippen LogP contribution is 2.24. The summed E-state index contributed by atoms with van der Waals surface area (Å²) in [7, 11) is 1.82. The third kappa shape index (κ3) is 4.06. The minimum atomic E-state index is 0.575. The second kappa shape index (κ2) is 7.84. The Morgan fingerprint density at radius 3 is 2.79 bits per heavy atom. The largest absolute Gasteiger partial charge is 0.489 e. The molecule has 24 heavy (non-hydrogen) atoms. The monoisotopic (exact) mass is 339 g/mol. The minimum absolute atomic E-state index is 0.575. The maximum atomic E-state index is 5.88. The highest BCUT2D eigenvalue weighted by Gasteiger charge is 2.05. The Morgan fingerprint density at radius 1 is 1.17 bits per heavy atom. The van der Waals surface area contributed by atoms with Crippen LogP contribution in [-0.2, 0) is 13.0 Å². The molecular weight excluding hydrogens is 318 g/mol. The lowest BCUT2D eigenvalue weighted by Gasteiger charge is -2.07. The van der Waals surface area contributed by atoms with Gasteiger partial charge in [-0.3, -0.25) is 0 Å². The van der Waals surface area contributed by atoms with E-state index in [2.05, 4.69) is 40.0 Å². The van der Waals surface area contributed by atoms with Crippen molar-refractivity contribution in [3.63, 3.8) is 0 Å². The Labute approximate surface area is 147 Å². The van der Waals surface area contributed by atoms with Gasteiger partial charge >= 0.3 is 0 Å².